The zero-order valence-corrected chi connectivity index (χ0v) is 13.3. The molecule has 1 N–H and O–H groups in total. The Morgan fingerprint density at radius 3 is 2.60 bits per heavy atom. The predicted octanol–water partition coefficient (Wildman–Crippen LogP) is 2.18. The van der Waals surface area contributed by atoms with E-state index in [1.807, 2.05) is 6.92 Å². The second-order valence-corrected chi connectivity index (χ2v) is 6.26. The summed E-state index contributed by atoms with van der Waals surface area (Å²) in [6.45, 7) is 9.78. The number of carbonyl (C=O) groups is 1. The van der Waals surface area contributed by atoms with Crippen LogP contribution in [0.2, 0.25) is 0 Å². The molecule has 2 saturated carbocycles. The summed E-state index contributed by atoms with van der Waals surface area (Å²) in [6, 6.07) is 0.532. The molecule has 4 heteroatoms. The minimum Gasteiger partial charge on any atom is -0.465 e. The Morgan fingerprint density at radius 2 is 2.05 bits per heavy atom. The van der Waals surface area contributed by atoms with Gasteiger partial charge in [0.1, 0.15) is 5.54 Å². The van der Waals surface area contributed by atoms with Crippen LogP contribution in [0.1, 0.15) is 52.9 Å². The second-order valence-electron chi connectivity index (χ2n) is 6.26. The number of hydrogen-bond donors (Lipinski definition) is 1. The fourth-order valence-electron chi connectivity index (χ4n) is 3.53. The van der Waals surface area contributed by atoms with E-state index < -0.39 is 5.54 Å². The highest BCUT2D eigenvalue weighted by Gasteiger charge is 2.47. The molecule has 0 aliphatic heterocycles. The van der Waals surface area contributed by atoms with Gasteiger partial charge in [-0.25, -0.2) is 0 Å². The molecule has 0 spiro atoms. The van der Waals surface area contributed by atoms with Gasteiger partial charge in [-0.1, -0.05) is 13.8 Å². The van der Waals surface area contributed by atoms with E-state index in [-0.39, 0.29) is 5.97 Å². The number of rotatable bonds is 8. The summed E-state index contributed by atoms with van der Waals surface area (Å²) in [5, 5.41) is 3.42. The molecule has 2 rings (SSSR count). The molecule has 20 heavy (non-hydrogen) atoms. The molecule has 0 amide bonds. The van der Waals surface area contributed by atoms with E-state index in [1.165, 1.54) is 19.4 Å². The lowest BCUT2D eigenvalue weighted by atomic mass is 9.97. The molecule has 2 aliphatic rings. The van der Waals surface area contributed by atoms with Crippen molar-refractivity contribution >= 4 is 5.97 Å². The Labute approximate surface area is 123 Å². The van der Waals surface area contributed by atoms with Crippen LogP contribution in [0.3, 0.4) is 0 Å². The molecule has 4 nitrogen and oxygen atoms in total. The highest BCUT2D eigenvalue weighted by atomic mass is 16.5. The van der Waals surface area contributed by atoms with Gasteiger partial charge >= 0.3 is 5.97 Å². The summed E-state index contributed by atoms with van der Waals surface area (Å²) in [6.07, 6.45) is 5.69. The lowest BCUT2D eigenvalue weighted by Gasteiger charge is -2.31. The Hall–Kier alpha value is -0.610. The molecule has 0 heterocycles. The van der Waals surface area contributed by atoms with Gasteiger partial charge in [0.15, 0.2) is 0 Å². The molecular formula is C16H30N2O2. The molecular weight excluding hydrogens is 252 g/mol. The number of likely N-dealkylation sites (N-methyl/N-ethyl adjacent to an activating group) is 1. The molecule has 0 radical (unpaired) electrons. The largest absolute Gasteiger partial charge is 0.465 e. The molecule has 0 aromatic heterocycles. The van der Waals surface area contributed by atoms with Crippen molar-refractivity contribution in [1.29, 1.82) is 0 Å². The minimum absolute atomic E-state index is 0.0492. The highest BCUT2D eigenvalue weighted by Crippen LogP contribution is 2.37. The summed E-state index contributed by atoms with van der Waals surface area (Å²) >= 11 is 0. The third kappa shape index (κ3) is 3.53. The molecule has 0 bridgehead atoms. The van der Waals surface area contributed by atoms with Gasteiger partial charge in [0.05, 0.1) is 6.61 Å². The van der Waals surface area contributed by atoms with Gasteiger partial charge in [-0.3, -0.25) is 4.79 Å². The number of hydrogen-bond acceptors (Lipinski definition) is 4. The Kier molecular flexibility index (Phi) is 5.44. The van der Waals surface area contributed by atoms with Crippen molar-refractivity contribution in [1.82, 2.24) is 10.2 Å². The van der Waals surface area contributed by atoms with Gasteiger partial charge in [-0.15, -0.1) is 0 Å². The normalized spacial score (nSPS) is 29.9. The summed E-state index contributed by atoms with van der Waals surface area (Å²) in [7, 11) is 0. The van der Waals surface area contributed by atoms with E-state index in [0.717, 1.165) is 38.3 Å². The number of nitrogens with one attached hydrogen (secondary N) is 1. The molecule has 0 aromatic rings. The van der Waals surface area contributed by atoms with Crippen molar-refractivity contribution in [2.24, 2.45) is 5.92 Å². The minimum atomic E-state index is -0.438. The van der Waals surface area contributed by atoms with E-state index in [4.69, 9.17) is 4.74 Å². The number of nitrogens with zero attached hydrogens (tertiary/aromatic N) is 1. The zero-order chi connectivity index (χ0) is 14.6. The van der Waals surface area contributed by atoms with E-state index in [2.05, 4.69) is 24.1 Å². The molecule has 2 fully saturated rings. The number of carbonyl (C=O) groups excluding carboxylic acids is 1. The fraction of sp³-hybridized carbons (Fsp3) is 0.938. The molecule has 0 saturated heterocycles. The first-order valence-electron chi connectivity index (χ1n) is 8.31. The van der Waals surface area contributed by atoms with Crippen LogP contribution in [-0.4, -0.2) is 48.7 Å². The average molecular weight is 282 g/mol. The van der Waals surface area contributed by atoms with Gasteiger partial charge in [0.2, 0.25) is 0 Å². The summed E-state index contributed by atoms with van der Waals surface area (Å²) < 4.78 is 5.32. The van der Waals surface area contributed by atoms with Crippen LogP contribution in [0.5, 0.6) is 0 Å². The third-order valence-electron chi connectivity index (χ3n) is 4.78. The van der Waals surface area contributed by atoms with E-state index in [1.54, 1.807) is 0 Å². The van der Waals surface area contributed by atoms with Gasteiger partial charge < -0.3 is 15.0 Å². The highest BCUT2D eigenvalue weighted by molar-refractivity contribution is 5.81. The fourth-order valence-corrected chi connectivity index (χ4v) is 3.53. The van der Waals surface area contributed by atoms with Crippen molar-refractivity contribution in [3.8, 4) is 0 Å². The van der Waals surface area contributed by atoms with Crippen LogP contribution in [0, 0.1) is 5.92 Å². The standard InChI is InChI=1S/C16H30N2O2/c1-4-17-16(15(19)20-6-3)10-9-14(11-16)18(5-2)12-13-7-8-13/h13-14,17H,4-12H2,1-3H3. The predicted molar refractivity (Wildman–Crippen MR) is 80.7 cm³/mol. The van der Waals surface area contributed by atoms with Crippen LogP contribution in [0.25, 0.3) is 0 Å². The van der Waals surface area contributed by atoms with Gasteiger partial charge in [0, 0.05) is 12.6 Å². The number of esters is 1. The van der Waals surface area contributed by atoms with E-state index in [9.17, 15) is 4.79 Å². The lowest BCUT2D eigenvalue weighted by molar-refractivity contribution is -0.151. The second kappa shape index (κ2) is 6.90. The van der Waals surface area contributed by atoms with Crippen molar-refractivity contribution in [3.63, 3.8) is 0 Å². The Bertz CT molecular complexity index is 330. The Balaban J connectivity index is 1.99. The van der Waals surface area contributed by atoms with Crippen molar-refractivity contribution < 1.29 is 9.53 Å². The van der Waals surface area contributed by atoms with Gasteiger partial charge in [-0.05, 0) is 58.0 Å². The van der Waals surface area contributed by atoms with Crippen LogP contribution < -0.4 is 5.32 Å². The van der Waals surface area contributed by atoms with Crippen LogP contribution in [0.4, 0.5) is 0 Å². The first-order chi connectivity index (χ1) is 9.65. The van der Waals surface area contributed by atoms with Crippen LogP contribution >= 0.6 is 0 Å². The molecule has 2 atom stereocenters. The monoisotopic (exact) mass is 282 g/mol. The lowest BCUT2D eigenvalue weighted by Crippen LogP contribution is -2.52. The molecule has 2 aliphatic carbocycles. The van der Waals surface area contributed by atoms with Crippen molar-refractivity contribution in [3.05, 3.63) is 0 Å². The number of ether oxygens (including phenoxy) is 1. The van der Waals surface area contributed by atoms with Crippen molar-refractivity contribution in [2.45, 2.75) is 64.5 Å². The molecule has 116 valence electrons. The maximum atomic E-state index is 12.3. The maximum absolute atomic E-state index is 12.3. The van der Waals surface area contributed by atoms with Gasteiger partial charge in [0.25, 0.3) is 0 Å². The van der Waals surface area contributed by atoms with E-state index >= 15 is 0 Å². The van der Waals surface area contributed by atoms with Crippen LogP contribution in [0.15, 0.2) is 0 Å². The zero-order valence-electron chi connectivity index (χ0n) is 13.3. The summed E-state index contributed by atoms with van der Waals surface area (Å²) in [5.74, 6) is 0.860. The summed E-state index contributed by atoms with van der Waals surface area (Å²) in [4.78, 5) is 14.9. The quantitative estimate of drug-likeness (QED) is 0.693. The Morgan fingerprint density at radius 1 is 1.30 bits per heavy atom. The molecule has 0 aromatic carbocycles. The smallest absolute Gasteiger partial charge is 0.326 e. The maximum Gasteiger partial charge on any atom is 0.326 e. The summed E-state index contributed by atoms with van der Waals surface area (Å²) in [5.41, 5.74) is -0.438. The third-order valence-corrected chi connectivity index (χ3v) is 4.78. The molecule has 2 unspecified atom stereocenters. The SMILES string of the molecule is CCNC1(C(=O)OCC)CCC(N(CC)CC2CC2)C1. The first kappa shape index (κ1) is 15.8. The van der Waals surface area contributed by atoms with E-state index in [0.29, 0.717) is 12.6 Å². The first-order valence-corrected chi connectivity index (χ1v) is 8.31. The van der Waals surface area contributed by atoms with Crippen molar-refractivity contribution in [2.75, 3.05) is 26.2 Å². The average Bonchev–Trinajstić information content (AvgIpc) is 3.16. The topological polar surface area (TPSA) is 41.6 Å². The van der Waals surface area contributed by atoms with Gasteiger partial charge in [-0.2, -0.15) is 0 Å². The van der Waals surface area contributed by atoms with Crippen LogP contribution in [-0.2, 0) is 9.53 Å².